The van der Waals surface area contributed by atoms with Gasteiger partial charge in [-0.25, -0.2) is 4.98 Å². The van der Waals surface area contributed by atoms with Crippen molar-refractivity contribution in [3.63, 3.8) is 0 Å². The molecule has 1 aromatic carbocycles. The van der Waals surface area contributed by atoms with Gasteiger partial charge in [0.2, 0.25) is 5.88 Å². The lowest BCUT2D eigenvalue weighted by molar-refractivity contribution is 0.0997. The fraction of sp³-hybridized carbons (Fsp3) is 0.286. The van der Waals surface area contributed by atoms with Gasteiger partial charge in [0.05, 0.1) is 23.4 Å². The van der Waals surface area contributed by atoms with Crippen LogP contribution < -0.4 is 10.5 Å². The number of amides is 1. The van der Waals surface area contributed by atoms with Gasteiger partial charge in [-0.1, -0.05) is 42.4 Å². The molecule has 1 atom stereocenters. The van der Waals surface area contributed by atoms with Crippen LogP contribution in [-0.2, 0) is 6.61 Å². The van der Waals surface area contributed by atoms with E-state index in [1.807, 2.05) is 44.2 Å². The molecule has 7 heteroatoms. The molecule has 146 valence electrons. The lowest BCUT2D eigenvalue weighted by Gasteiger charge is -2.16. The minimum absolute atomic E-state index is 0.129. The van der Waals surface area contributed by atoms with E-state index < -0.39 is 5.91 Å². The molecule has 0 aliphatic carbocycles. The molecule has 2 heterocycles. The lowest BCUT2D eigenvalue weighted by atomic mass is 9.98. The number of carbonyl (C=O) groups excluding carboxylic acids is 1. The van der Waals surface area contributed by atoms with Crippen LogP contribution in [0.25, 0.3) is 11.3 Å². The Hall–Kier alpha value is -3.19. The van der Waals surface area contributed by atoms with E-state index in [1.54, 1.807) is 12.1 Å². The molecule has 3 aromatic rings. The lowest BCUT2D eigenvalue weighted by Crippen LogP contribution is -2.18. The molecular weight excluding hydrogens is 358 g/mol. The molecule has 7 nitrogen and oxygen atoms in total. The van der Waals surface area contributed by atoms with Crippen molar-refractivity contribution >= 4 is 5.91 Å². The summed E-state index contributed by atoms with van der Waals surface area (Å²) in [7, 11) is 0. The second-order valence-electron chi connectivity index (χ2n) is 6.45. The maximum Gasteiger partial charge on any atom is 0.250 e. The first-order valence-corrected chi connectivity index (χ1v) is 9.10. The number of benzene rings is 1. The zero-order valence-corrected chi connectivity index (χ0v) is 15.9. The van der Waals surface area contributed by atoms with Crippen molar-refractivity contribution in [1.82, 2.24) is 10.1 Å². The number of nitrogens with zero attached hydrogens (tertiary/aromatic N) is 2. The van der Waals surface area contributed by atoms with Crippen molar-refractivity contribution in [3.05, 3.63) is 65.0 Å². The Kier molecular flexibility index (Phi) is 6.06. The van der Waals surface area contributed by atoms with Crippen LogP contribution in [0.15, 0.2) is 47.0 Å². The zero-order chi connectivity index (χ0) is 20.1. The molecule has 0 saturated carbocycles. The third-order valence-electron chi connectivity index (χ3n) is 4.66. The molecular formula is C21H23N3O4. The Balaban J connectivity index is 1.87. The summed E-state index contributed by atoms with van der Waals surface area (Å²) in [6.07, 6.45) is 0.621. The Morgan fingerprint density at radius 1 is 1.25 bits per heavy atom. The predicted octanol–water partition coefficient (Wildman–Crippen LogP) is 3.21. The number of nitrogens with two attached hydrogens (primary N) is 1. The number of aliphatic hydroxyl groups is 1. The minimum atomic E-state index is -0.581. The molecule has 0 fully saturated rings. The van der Waals surface area contributed by atoms with Gasteiger partial charge >= 0.3 is 0 Å². The molecule has 0 saturated heterocycles. The van der Waals surface area contributed by atoms with Crippen LogP contribution in [0.2, 0.25) is 0 Å². The molecule has 0 aliphatic heterocycles. The maximum atomic E-state index is 11.7. The van der Waals surface area contributed by atoms with E-state index >= 15 is 0 Å². The number of hydrogen-bond donors (Lipinski definition) is 2. The van der Waals surface area contributed by atoms with Gasteiger partial charge in [-0.15, -0.1) is 0 Å². The SMILES string of the molecule is CC[C@@H](CO)c1nc(OCc2c(-c3ccccc3)noc2C)ccc1C(N)=O. The first-order chi connectivity index (χ1) is 13.5. The second-order valence-corrected chi connectivity index (χ2v) is 6.45. The number of ether oxygens (including phenoxy) is 1. The van der Waals surface area contributed by atoms with Crippen molar-refractivity contribution in [1.29, 1.82) is 0 Å². The first kappa shape index (κ1) is 19.6. The highest BCUT2D eigenvalue weighted by molar-refractivity contribution is 5.94. The highest BCUT2D eigenvalue weighted by atomic mass is 16.5. The summed E-state index contributed by atoms with van der Waals surface area (Å²) in [5.41, 5.74) is 8.65. The molecule has 2 aromatic heterocycles. The van der Waals surface area contributed by atoms with Gasteiger partial charge in [0.25, 0.3) is 5.91 Å². The number of hydrogen-bond acceptors (Lipinski definition) is 6. The number of aryl methyl sites for hydroxylation is 1. The summed E-state index contributed by atoms with van der Waals surface area (Å²) >= 11 is 0. The topological polar surface area (TPSA) is 111 Å². The summed E-state index contributed by atoms with van der Waals surface area (Å²) in [5.74, 6) is 0.131. The predicted molar refractivity (Wildman–Crippen MR) is 104 cm³/mol. The Morgan fingerprint density at radius 2 is 2.00 bits per heavy atom. The van der Waals surface area contributed by atoms with Crippen LogP contribution in [0.3, 0.4) is 0 Å². The molecule has 0 unspecified atom stereocenters. The van der Waals surface area contributed by atoms with Crippen molar-refractivity contribution in [2.24, 2.45) is 5.73 Å². The summed E-state index contributed by atoms with van der Waals surface area (Å²) in [4.78, 5) is 16.1. The summed E-state index contributed by atoms with van der Waals surface area (Å²) in [6.45, 7) is 3.81. The van der Waals surface area contributed by atoms with Crippen LogP contribution in [0, 0.1) is 6.92 Å². The Labute approximate surface area is 163 Å². The average Bonchev–Trinajstić information content (AvgIpc) is 3.08. The van der Waals surface area contributed by atoms with Crippen molar-refractivity contribution in [2.75, 3.05) is 6.61 Å². The number of primary amides is 1. The van der Waals surface area contributed by atoms with E-state index in [9.17, 15) is 9.90 Å². The van der Waals surface area contributed by atoms with Crippen LogP contribution >= 0.6 is 0 Å². The molecule has 3 rings (SSSR count). The van der Waals surface area contributed by atoms with Gasteiger partial charge in [-0.3, -0.25) is 4.79 Å². The third kappa shape index (κ3) is 4.04. The van der Waals surface area contributed by atoms with Crippen LogP contribution in [-0.4, -0.2) is 27.8 Å². The summed E-state index contributed by atoms with van der Waals surface area (Å²) in [5, 5.41) is 13.7. The van der Waals surface area contributed by atoms with Crippen molar-refractivity contribution in [2.45, 2.75) is 32.8 Å². The second kappa shape index (κ2) is 8.67. The third-order valence-corrected chi connectivity index (χ3v) is 4.66. The highest BCUT2D eigenvalue weighted by Crippen LogP contribution is 2.27. The molecule has 28 heavy (non-hydrogen) atoms. The number of rotatable bonds is 8. The van der Waals surface area contributed by atoms with Gasteiger partial charge in [0.1, 0.15) is 18.1 Å². The fourth-order valence-corrected chi connectivity index (χ4v) is 3.00. The van der Waals surface area contributed by atoms with E-state index in [0.717, 1.165) is 11.1 Å². The van der Waals surface area contributed by atoms with Crippen LogP contribution in [0.1, 0.15) is 46.6 Å². The van der Waals surface area contributed by atoms with E-state index in [1.165, 1.54) is 0 Å². The van der Waals surface area contributed by atoms with Crippen LogP contribution in [0.4, 0.5) is 0 Å². The Bertz CT molecular complexity index is 950. The quantitative estimate of drug-likeness (QED) is 0.620. The van der Waals surface area contributed by atoms with Gasteiger partial charge < -0.3 is 20.1 Å². The molecule has 0 spiro atoms. The van der Waals surface area contributed by atoms with E-state index in [-0.39, 0.29) is 19.1 Å². The Morgan fingerprint density at radius 3 is 2.64 bits per heavy atom. The largest absolute Gasteiger partial charge is 0.473 e. The minimum Gasteiger partial charge on any atom is -0.473 e. The van der Waals surface area contributed by atoms with E-state index in [4.69, 9.17) is 15.0 Å². The molecule has 0 radical (unpaired) electrons. The number of pyridine rings is 1. The van der Waals surface area contributed by atoms with Crippen molar-refractivity contribution < 1.29 is 19.2 Å². The summed E-state index contributed by atoms with van der Waals surface area (Å²) < 4.78 is 11.2. The van der Waals surface area contributed by atoms with Gasteiger partial charge in [-0.05, 0) is 19.4 Å². The number of carbonyl (C=O) groups is 1. The molecule has 0 aliphatic rings. The maximum absolute atomic E-state index is 11.7. The fourth-order valence-electron chi connectivity index (χ4n) is 3.00. The zero-order valence-electron chi connectivity index (χ0n) is 15.9. The number of aliphatic hydroxyl groups excluding tert-OH is 1. The van der Waals surface area contributed by atoms with Crippen LogP contribution in [0.5, 0.6) is 5.88 Å². The average molecular weight is 381 g/mol. The number of aromatic nitrogens is 2. The summed E-state index contributed by atoms with van der Waals surface area (Å²) in [6, 6.07) is 12.9. The highest BCUT2D eigenvalue weighted by Gasteiger charge is 2.20. The normalized spacial score (nSPS) is 12.0. The molecule has 1 amide bonds. The van der Waals surface area contributed by atoms with Gasteiger partial charge in [-0.2, -0.15) is 0 Å². The van der Waals surface area contributed by atoms with E-state index in [2.05, 4.69) is 10.1 Å². The first-order valence-electron chi connectivity index (χ1n) is 9.10. The molecule has 3 N–H and O–H groups in total. The van der Waals surface area contributed by atoms with E-state index in [0.29, 0.717) is 35.0 Å². The monoisotopic (exact) mass is 381 g/mol. The van der Waals surface area contributed by atoms with Crippen molar-refractivity contribution in [3.8, 4) is 17.1 Å². The van der Waals surface area contributed by atoms with Gasteiger partial charge in [0, 0.05) is 17.5 Å². The molecule has 0 bridgehead atoms. The standard InChI is InChI=1S/C21H23N3O4/c1-3-14(11-25)19-16(21(22)26)9-10-18(23-19)27-12-17-13(2)28-24-20(17)15-7-5-4-6-8-15/h4-10,14,25H,3,11-12H2,1-2H3,(H2,22,26)/t14-/m0/s1. The smallest absolute Gasteiger partial charge is 0.250 e. The van der Waals surface area contributed by atoms with Gasteiger partial charge in [0.15, 0.2) is 0 Å².